The standard InChI is InChI=1S/C8H8ClF2N3/c9-7-2-1-6(12-13-7)3-14-4-8(10,11)5-14/h1-2H,3-5H2. The number of alkyl halides is 2. The van der Waals surface area contributed by atoms with E-state index < -0.39 is 5.92 Å². The van der Waals surface area contributed by atoms with Gasteiger partial charge in [-0.05, 0) is 12.1 Å². The molecule has 1 saturated heterocycles. The molecule has 1 aromatic rings. The highest BCUT2D eigenvalue weighted by atomic mass is 35.5. The van der Waals surface area contributed by atoms with Crippen LogP contribution in [0.25, 0.3) is 0 Å². The van der Waals surface area contributed by atoms with Gasteiger partial charge in [0.05, 0.1) is 18.8 Å². The Balaban J connectivity index is 1.90. The van der Waals surface area contributed by atoms with E-state index in [1.165, 1.54) is 0 Å². The zero-order chi connectivity index (χ0) is 10.2. The van der Waals surface area contributed by atoms with Gasteiger partial charge in [-0.15, -0.1) is 5.10 Å². The zero-order valence-electron chi connectivity index (χ0n) is 7.25. The van der Waals surface area contributed by atoms with Crippen molar-refractivity contribution in [3.63, 3.8) is 0 Å². The van der Waals surface area contributed by atoms with Gasteiger partial charge in [-0.1, -0.05) is 11.6 Å². The Kier molecular flexibility index (Phi) is 2.36. The van der Waals surface area contributed by atoms with E-state index >= 15 is 0 Å². The van der Waals surface area contributed by atoms with Gasteiger partial charge in [0.2, 0.25) is 0 Å². The third-order valence-electron chi connectivity index (χ3n) is 1.98. The minimum absolute atomic E-state index is 0.197. The summed E-state index contributed by atoms with van der Waals surface area (Å²) in [5.74, 6) is -2.53. The minimum atomic E-state index is -2.53. The molecule has 14 heavy (non-hydrogen) atoms. The van der Waals surface area contributed by atoms with Crippen LogP contribution in [0.2, 0.25) is 5.15 Å². The van der Waals surface area contributed by atoms with Crippen molar-refractivity contribution >= 4 is 11.6 Å². The SMILES string of the molecule is FC1(F)CN(Cc2ccc(Cl)nn2)C1. The van der Waals surface area contributed by atoms with E-state index in [4.69, 9.17) is 11.6 Å². The average Bonchev–Trinajstić information content (AvgIpc) is 2.06. The van der Waals surface area contributed by atoms with Gasteiger partial charge >= 0.3 is 0 Å². The predicted octanol–water partition coefficient (Wildman–Crippen LogP) is 1.58. The van der Waals surface area contributed by atoms with Crippen LogP contribution in [0, 0.1) is 0 Å². The summed E-state index contributed by atoms with van der Waals surface area (Å²) in [5.41, 5.74) is 0.657. The first kappa shape index (κ1) is 9.73. The lowest BCUT2D eigenvalue weighted by Gasteiger charge is -2.38. The van der Waals surface area contributed by atoms with Crippen molar-refractivity contribution in [2.45, 2.75) is 12.5 Å². The van der Waals surface area contributed by atoms with E-state index in [0.717, 1.165) is 0 Å². The number of hydrogen-bond donors (Lipinski definition) is 0. The van der Waals surface area contributed by atoms with Crippen molar-refractivity contribution < 1.29 is 8.78 Å². The maximum atomic E-state index is 12.5. The summed E-state index contributed by atoms with van der Waals surface area (Å²) in [6.45, 7) is 0.00831. The van der Waals surface area contributed by atoms with Gasteiger partial charge in [-0.3, -0.25) is 4.90 Å². The van der Waals surface area contributed by atoms with Gasteiger partial charge < -0.3 is 0 Å². The molecule has 1 aromatic heterocycles. The van der Waals surface area contributed by atoms with Gasteiger partial charge in [0.15, 0.2) is 5.15 Å². The molecule has 76 valence electrons. The Bertz CT molecular complexity index is 320. The third-order valence-corrected chi connectivity index (χ3v) is 2.18. The van der Waals surface area contributed by atoms with E-state index in [0.29, 0.717) is 17.4 Å². The van der Waals surface area contributed by atoms with Crippen molar-refractivity contribution in [2.75, 3.05) is 13.1 Å². The Morgan fingerprint density at radius 2 is 2.07 bits per heavy atom. The highest BCUT2D eigenvalue weighted by Crippen LogP contribution is 2.27. The highest BCUT2D eigenvalue weighted by molar-refractivity contribution is 6.29. The van der Waals surface area contributed by atoms with E-state index in [1.807, 2.05) is 0 Å². The smallest absolute Gasteiger partial charge is 0.272 e. The van der Waals surface area contributed by atoms with E-state index in [1.54, 1.807) is 17.0 Å². The fourth-order valence-electron chi connectivity index (χ4n) is 1.38. The first-order valence-electron chi connectivity index (χ1n) is 4.13. The molecule has 1 aliphatic heterocycles. The second-order valence-electron chi connectivity index (χ2n) is 3.35. The molecule has 0 N–H and O–H groups in total. The van der Waals surface area contributed by atoms with Crippen molar-refractivity contribution in [1.82, 2.24) is 15.1 Å². The first-order chi connectivity index (χ1) is 6.55. The number of rotatable bonds is 2. The molecule has 2 heterocycles. The topological polar surface area (TPSA) is 29.0 Å². The van der Waals surface area contributed by atoms with Gasteiger partial charge in [0.25, 0.3) is 5.92 Å². The number of nitrogens with zero attached hydrogens (tertiary/aromatic N) is 3. The van der Waals surface area contributed by atoms with Gasteiger partial charge in [-0.25, -0.2) is 8.78 Å². The largest absolute Gasteiger partial charge is 0.285 e. The Hall–Kier alpha value is -0.810. The lowest BCUT2D eigenvalue weighted by Crippen LogP contribution is -2.55. The number of aromatic nitrogens is 2. The quantitative estimate of drug-likeness (QED) is 0.756. The molecule has 2 rings (SSSR count). The molecule has 0 amide bonds. The minimum Gasteiger partial charge on any atom is -0.285 e. The van der Waals surface area contributed by atoms with Crippen LogP contribution in [0.4, 0.5) is 8.78 Å². The number of halogens is 3. The lowest BCUT2D eigenvalue weighted by atomic mass is 10.1. The third kappa shape index (κ3) is 2.16. The van der Waals surface area contributed by atoms with Crippen molar-refractivity contribution in [3.8, 4) is 0 Å². The molecule has 0 unspecified atom stereocenters. The summed E-state index contributed by atoms with van der Waals surface area (Å²) in [4.78, 5) is 1.61. The fourth-order valence-corrected chi connectivity index (χ4v) is 1.48. The molecule has 1 aliphatic rings. The Morgan fingerprint density at radius 3 is 2.57 bits per heavy atom. The molecule has 0 aliphatic carbocycles. The van der Waals surface area contributed by atoms with Crippen LogP contribution in [0.1, 0.15) is 5.69 Å². The Morgan fingerprint density at radius 1 is 1.36 bits per heavy atom. The molecule has 0 atom stereocenters. The van der Waals surface area contributed by atoms with Crippen LogP contribution in [0.5, 0.6) is 0 Å². The van der Waals surface area contributed by atoms with Crippen LogP contribution < -0.4 is 0 Å². The Labute approximate surface area is 84.7 Å². The predicted molar refractivity (Wildman–Crippen MR) is 47.3 cm³/mol. The normalized spacial score (nSPS) is 20.5. The molecule has 0 bridgehead atoms. The van der Waals surface area contributed by atoms with Crippen LogP contribution >= 0.6 is 11.6 Å². The molecule has 0 saturated carbocycles. The average molecular weight is 220 g/mol. The second-order valence-corrected chi connectivity index (χ2v) is 3.74. The molecular weight excluding hydrogens is 212 g/mol. The summed E-state index contributed by atoms with van der Waals surface area (Å²) in [7, 11) is 0. The number of likely N-dealkylation sites (tertiary alicyclic amines) is 1. The first-order valence-corrected chi connectivity index (χ1v) is 4.51. The van der Waals surface area contributed by atoms with Gasteiger partial charge in [-0.2, -0.15) is 5.10 Å². The van der Waals surface area contributed by atoms with Crippen LogP contribution in [-0.2, 0) is 6.54 Å². The van der Waals surface area contributed by atoms with Crippen molar-refractivity contribution in [3.05, 3.63) is 23.0 Å². The second kappa shape index (κ2) is 3.40. The van der Waals surface area contributed by atoms with Crippen molar-refractivity contribution in [1.29, 1.82) is 0 Å². The molecular formula is C8H8ClF2N3. The molecule has 1 fully saturated rings. The summed E-state index contributed by atoms with van der Waals surface area (Å²) in [5, 5.41) is 7.72. The van der Waals surface area contributed by atoms with E-state index in [9.17, 15) is 8.78 Å². The van der Waals surface area contributed by atoms with Crippen LogP contribution in [-0.4, -0.2) is 34.1 Å². The number of hydrogen-bond acceptors (Lipinski definition) is 3. The highest BCUT2D eigenvalue weighted by Gasteiger charge is 2.43. The van der Waals surface area contributed by atoms with Gasteiger partial charge in [0.1, 0.15) is 0 Å². The summed E-state index contributed by atoms with van der Waals surface area (Å²) >= 11 is 5.53. The molecule has 0 aromatic carbocycles. The summed E-state index contributed by atoms with van der Waals surface area (Å²) in [6, 6.07) is 3.29. The van der Waals surface area contributed by atoms with Crippen LogP contribution in [0.15, 0.2) is 12.1 Å². The van der Waals surface area contributed by atoms with E-state index in [-0.39, 0.29) is 13.1 Å². The summed E-state index contributed by atoms with van der Waals surface area (Å²) in [6.07, 6.45) is 0. The monoisotopic (exact) mass is 219 g/mol. The molecule has 0 radical (unpaired) electrons. The summed E-state index contributed by atoms with van der Waals surface area (Å²) < 4.78 is 24.9. The van der Waals surface area contributed by atoms with E-state index in [2.05, 4.69) is 10.2 Å². The van der Waals surface area contributed by atoms with Crippen LogP contribution in [0.3, 0.4) is 0 Å². The maximum Gasteiger partial charge on any atom is 0.272 e. The molecule has 3 nitrogen and oxygen atoms in total. The zero-order valence-corrected chi connectivity index (χ0v) is 8.01. The molecule has 6 heteroatoms. The lowest BCUT2D eigenvalue weighted by molar-refractivity contribution is -0.134. The van der Waals surface area contributed by atoms with Crippen molar-refractivity contribution in [2.24, 2.45) is 0 Å². The maximum absolute atomic E-state index is 12.5. The fraction of sp³-hybridized carbons (Fsp3) is 0.500. The molecule has 0 spiro atoms. The van der Waals surface area contributed by atoms with Gasteiger partial charge in [0, 0.05) is 6.54 Å².